The summed E-state index contributed by atoms with van der Waals surface area (Å²) >= 11 is 0. The Morgan fingerprint density at radius 2 is 2.02 bits per heavy atom. The maximum absolute atomic E-state index is 15.1. The lowest BCUT2D eigenvalue weighted by atomic mass is 9.96. The van der Waals surface area contributed by atoms with E-state index in [-0.39, 0.29) is 5.52 Å². The monoisotopic (exact) mass is 538 g/mol. The van der Waals surface area contributed by atoms with Gasteiger partial charge in [0.05, 0.1) is 18.2 Å². The number of hydrogen-bond acceptors (Lipinski definition) is 7. The molecule has 1 aliphatic carbocycles. The van der Waals surface area contributed by atoms with Crippen LogP contribution in [0.4, 0.5) is 4.39 Å². The van der Waals surface area contributed by atoms with Gasteiger partial charge in [0.2, 0.25) is 0 Å². The van der Waals surface area contributed by atoms with E-state index in [1.165, 1.54) is 21.2 Å². The first kappa shape index (κ1) is 25.6. The fourth-order valence-electron chi connectivity index (χ4n) is 4.85. The van der Waals surface area contributed by atoms with Crippen molar-refractivity contribution in [3.8, 4) is 34.4 Å². The number of fused-ring (bicyclic) bond motifs is 1. The van der Waals surface area contributed by atoms with Gasteiger partial charge in [-0.3, -0.25) is 8.97 Å². The van der Waals surface area contributed by atoms with Gasteiger partial charge >= 0.3 is 5.69 Å². The molecule has 0 spiro atoms. The number of aromatic nitrogens is 6. The SMILES string of the molecule is COCCNCc1cc(F)c2cn(-c3cc(-c4ccc(C#N)cc4-c4nncn4C)cc(C4CC4)n3)c(=O)n2c1. The third-order valence-corrected chi connectivity index (χ3v) is 7.07. The van der Waals surface area contributed by atoms with E-state index in [0.29, 0.717) is 48.4 Å². The molecule has 10 nitrogen and oxygen atoms in total. The lowest BCUT2D eigenvalue weighted by Crippen LogP contribution is -2.22. The number of imidazole rings is 1. The zero-order valence-electron chi connectivity index (χ0n) is 22.1. The van der Waals surface area contributed by atoms with Gasteiger partial charge in [-0.25, -0.2) is 14.2 Å². The fraction of sp³-hybridized carbons (Fsp3) is 0.276. The first-order valence-corrected chi connectivity index (χ1v) is 13.0. The summed E-state index contributed by atoms with van der Waals surface area (Å²) in [4.78, 5) is 18.4. The van der Waals surface area contributed by atoms with Crippen molar-refractivity contribution in [1.29, 1.82) is 5.26 Å². The number of halogens is 1. The van der Waals surface area contributed by atoms with Crippen molar-refractivity contribution in [2.75, 3.05) is 20.3 Å². The maximum Gasteiger partial charge on any atom is 0.338 e. The molecule has 4 heterocycles. The third kappa shape index (κ3) is 4.79. The topological polar surface area (TPSA) is 115 Å². The molecule has 4 aromatic heterocycles. The van der Waals surface area contributed by atoms with Gasteiger partial charge < -0.3 is 14.6 Å². The first-order chi connectivity index (χ1) is 19.5. The van der Waals surface area contributed by atoms with Crippen molar-refractivity contribution in [3.05, 3.63) is 88.2 Å². The molecule has 0 unspecified atom stereocenters. The quantitative estimate of drug-likeness (QED) is 0.285. The lowest BCUT2D eigenvalue weighted by molar-refractivity contribution is 0.199. The summed E-state index contributed by atoms with van der Waals surface area (Å²) in [5.41, 5.74) is 4.16. The molecule has 1 saturated carbocycles. The summed E-state index contributed by atoms with van der Waals surface area (Å²) in [5, 5.41) is 21.0. The Morgan fingerprint density at radius 3 is 2.75 bits per heavy atom. The molecule has 0 aliphatic heterocycles. The minimum absolute atomic E-state index is 0.170. The van der Waals surface area contributed by atoms with Crippen LogP contribution in [0.15, 0.2) is 59.9 Å². The Balaban J connectivity index is 1.48. The summed E-state index contributed by atoms with van der Waals surface area (Å²) < 4.78 is 24.7. The molecule has 0 bridgehead atoms. The van der Waals surface area contributed by atoms with Gasteiger partial charge in [0.1, 0.15) is 23.5 Å². The van der Waals surface area contributed by atoms with Crippen LogP contribution in [0.1, 0.15) is 35.6 Å². The van der Waals surface area contributed by atoms with Crippen LogP contribution in [0.2, 0.25) is 0 Å². The Kier molecular flexibility index (Phi) is 6.71. The predicted octanol–water partition coefficient (Wildman–Crippen LogP) is 3.57. The minimum atomic E-state index is -0.489. The summed E-state index contributed by atoms with van der Waals surface area (Å²) in [6, 6.07) is 12.9. The molecule has 202 valence electrons. The summed E-state index contributed by atoms with van der Waals surface area (Å²) in [6.07, 6.45) is 6.77. The highest BCUT2D eigenvalue weighted by atomic mass is 19.1. The molecule has 0 atom stereocenters. The lowest BCUT2D eigenvalue weighted by Gasteiger charge is -2.13. The van der Waals surface area contributed by atoms with Crippen LogP contribution in [-0.4, -0.2) is 49.0 Å². The second-order valence-corrected chi connectivity index (χ2v) is 9.95. The molecule has 11 heteroatoms. The minimum Gasteiger partial charge on any atom is -0.383 e. The highest BCUT2D eigenvalue weighted by Gasteiger charge is 2.27. The second kappa shape index (κ2) is 10.5. The molecule has 1 aliphatic rings. The third-order valence-electron chi connectivity index (χ3n) is 7.07. The fourth-order valence-corrected chi connectivity index (χ4v) is 4.85. The number of pyridine rings is 2. The molecule has 5 aromatic rings. The molecular formula is C29H27FN8O2. The Labute approximate surface area is 229 Å². The molecule has 0 amide bonds. The van der Waals surface area contributed by atoms with Gasteiger partial charge in [0, 0.05) is 56.8 Å². The van der Waals surface area contributed by atoms with E-state index in [1.807, 2.05) is 25.2 Å². The zero-order chi connectivity index (χ0) is 27.8. The van der Waals surface area contributed by atoms with E-state index in [4.69, 9.17) is 9.72 Å². The Bertz CT molecular complexity index is 1830. The van der Waals surface area contributed by atoms with Crippen molar-refractivity contribution in [1.82, 2.24) is 34.0 Å². The number of aryl methyl sites for hydroxylation is 1. The number of methoxy groups -OCH3 is 1. The zero-order valence-corrected chi connectivity index (χ0v) is 22.1. The van der Waals surface area contributed by atoms with Crippen molar-refractivity contribution < 1.29 is 9.13 Å². The van der Waals surface area contributed by atoms with Crippen LogP contribution in [0.25, 0.3) is 33.8 Å². The van der Waals surface area contributed by atoms with Gasteiger partial charge in [-0.1, -0.05) is 6.07 Å². The highest BCUT2D eigenvalue weighted by molar-refractivity contribution is 5.82. The number of nitrogens with one attached hydrogen (secondary N) is 1. The number of benzene rings is 1. The van der Waals surface area contributed by atoms with Crippen LogP contribution in [0, 0.1) is 17.1 Å². The van der Waals surface area contributed by atoms with Gasteiger partial charge in [0.25, 0.3) is 0 Å². The van der Waals surface area contributed by atoms with Crippen LogP contribution < -0.4 is 11.0 Å². The van der Waals surface area contributed by atoms with E-state index in [1.54, 1.807) is 36.3 Å². The number of hydrogen-bond donors (Lipinski definition) is 1. The largest absolute Gasteiger partial charge is 0.383 e. The first-order valence-electron chi connectivity index (χ1n) is 13.0. The maximum atomic E-state index is 15.1. The van der Waals surface area contributed by atoms with Gasteiger partial charge in [-0.15, -0.1) is 10.2 Å². The van der Waals surface area contributed by atoms with Crippen LogP contribution in [0.3, 0.4) is 0 Å². The smallest absolute Gasteiger partial charge is 0.338 e. The van der Waals surface area contributed by atoms with Crippen LogP contribution in [0.5, 0.6) is 0 Å². The summed E-state index contributed by atoms with van der Waals surface area (Å²) in [6.45, 7) is 1.54. The summed E-state index contributed by atoms with van der Waals surface area (Å²) in [7, 11) is 3.46. The molecule has 40 heavy (non-hydrogen) atoms. The van der Waals surface area contributed by atoms with E-state index < -0.39 is 11.5 Å². The van der Waals surface area contributed by atoms with Crippen molar-refractivity contribution in [2.45, 2.75) is 25.3 Å². The average Bonchev–Trinajstić information content (AvgIpc) is 3.65. The molecule has 1 aromatic carbocycles. The second-order valence-electron chi connectivity index (χ2n) is 9.95. The Hall–Kier alpha value is -4.66. The van der Waals surface area contributed by atoms with Crippen molar-refractivity contribution in [3.63, 3.8) is 0 Å². The average molecular weight is 539 g/mol. The van der Waals surface area contributed by atoms with Gasteiger partial charge in [-0.05, 0) is 59.9 Å². The van der Waals surface area contributed by atoms with Crippen LogP contribution >= 0.6 is 0 Å². The van der Waals surface area contributed by atoms with Crippen LogP contribution in [-0.2, 0) is 18.3 Å². The number of nitriles is 1. The standard InChI is InChI=1S/C29H27FN8O2/c1-36-17-33-35-28(36)23-9-18(13-31)3-6-22(23)21-11-25(20-4-5-20)34-27(12-21)38-16-26-24(30)10-19(14-32-7-8-40-2)15-37(26)29(38)39/h3,6,9-12,15-17,20,32H,4-5,7-8,14H2,1-2H3. The molecule has 6 rings (SSSR count). The number of ether oxygens (including phenoxy) is 1. The molecular weight excluding hydrogens is 511 g/mol. The van der Waals surface area contributed by atoms with E-state index >= 15 is 4.39 Å². The number of rotatable bonds is 9. The highest BCUT2D eigenvalue weighted by Crippen LogP contribution is 2.41. The van der Waals surface area contributed by atoms with E-state index in [2.05, 4.69) is 21.6 Å². The van der Waals surface area contributed by atoms with Gasteiger partial charge in [0.15, 0.2) is 5.82 Å². The van der Waals surface area contributed by atoms with Gasteiger partial charge in [-0.2, -0.15) is 5.26 Å². The number of nitrogens with zero attached hydrogens (tertiary/aromatic N) is 7. The van der Waals surface area contributed by atoms with E-state index in [9.17, 15) is 10.1 Å². The van der Waals surface area contributed by atoms with Crippen molar-refractivity contribution in [2.24, 2.45) is 7.05 Å². The Morgan fingerprint density at radius 1 is 1.18 bits per heavy atom. The normalized spacial score (nSPS) is 13.2. The summed E-state index contributed by atoms with van der Waals surface area (Å²) in [5.74, 6) is 0.821. The van der Waals surface area contributed by atoms with Crippen molar-refractivity contribution >= 4 is 5.52 Å². The predicted molar refractivity (Wildman–Crippen MR) is 146 cm³/mol. The van der Waals surface area contributed by atoms with E-state index in [0.717, 1.165) is 35.2 Å². The molecule has 0 radical (unpaired) electrons. The molecule has 0 saturated heterocycles. The molecule has 1 fully saturated rings. The molecule has 1 N–H and O–H groups in total.